The van der Waals surface area contributed by atoms with E-state index in [1.54, 1.807) is 18.0 Å². The summed E-state index contributed by atoms with van der Waals surface area (Å²) in [5.41, 5.74) is 1.94. The Balaban J connectivity index is 1.72. The summed E-state index contributed by atoms with van der Waals surface area (Å²) in [6, 6.07) is 5.71. The number of carbonyl (C=O) groups is 1. The quantitative estimate of drug-likeness (QED) is 0.360. The molecule has 0 unspecified atom stereocenters. The molecule has 0 spiro atoms. The minimum atomic E-state index is -0.146. The van der Waals surface area contributed by atoms with Crippen LogP contribution in [0.5, 0.6) is 0 Å². The molecule has 2 aromatic heterocycles. The zero-order valence-corrected chi connectivity index (χ0v) is 19.3. The highest BCUT2D eigenvalue weighted by Gasteiger charge is 2.33. The molecule has 6 nitrogen and oxygen atoms in total. The molecule has 0 amide bonds. The Labute approximate surface area is 182 Å². The molecule has 1 aliphatic carbocycles. The number of carbonyl (C=O) groups excluding carboxylic acids is 1. The average molecular weight is 475 g/mol. The first kappa shape index (κ1) is 20.3. The van der Waals surface area contributed by atoms with Crippen molar-refractivity contribution in [2.45, 2.75) is 56.6 Å². The van der Waals surface area contributed by atoms with Crippen LogP contribution in [0.2, 0.25) is 0 Å². The second-order valence-corrected chi connectivity index (χ2v) is 10.0. The molecule has 1 aromatic carbocycles. The first-order valence-electron chi connectivity index (χ1n) is 9.55. The van der Waals surface area contributed by atoms with E-state index >= 15 is 0 Å². The normalized spacial score (nSPS) is 14.4. The zero-order valence-electron chi connectivity index (χ0n) is 16.9. The summed E-state index contributed by atoms with van der Waals surface area (Å²) < 4.78 is 8.17. The number of halogens is 1. The van der Waals surface area contributed by atoms with Gasteiger partial charge in [0.05, 0.1) is 18.3 Å². The summed E-state index contributed by atoms with van der Waals surface area (Å²) in [5, 5.41) is 9.44. The standard InChI is InChI=1S/C21H23BrN4O2S/c1-21(2,3)19-24-20(29-4)26(25-19)11-13-9-14(22)7-8-15(13)17(27)16-10-23-28-18(16)12-5-6-12/h7-10,12H,5-6,11H2,1-4H3. The highest BCUT2D eigenvalue weighted by Crippen LogP contribution is 2.42. The number of hydrogen-bond acceptors (Lipinski definition) is 6. The van der Waals surface area contributed by atoms with Gasteiger partial charge in [-0.05, 0) is 42.9 Å². The largest absolute Gasteiger partial charge is 0.360 e. The van der Waals surface area contributed by atoms with Gasteiger partial charge >= 0.3 is 0 Å². The number of thioether (sulfide) groups is 1. The number of benzene rings is 1. The second-order valence-electron chi connectivity index (χ2n) is 8.34. The fourth-order valence-electron chi connectivity index (χ4n) is 3.18. The van der Waals surface area contributed by atoms with Gasteiger partial charge in [-0.3, -0.25) is 4.79 Å². The molecule has 152 valence electrons. The van der Waals surface area contributed by atoms with E-state index in [1.807, 2.05) is 29.1 Å². The van der Waals surface area contributed by atoms with Gasteiger partial charge in [0.15, 0.2) is 22.5 Å². The summed E-state index contributed by atoms with van der Waals surface area (Å²) >= 11 is 5.09. The third-order valence-corrected chi connectivity index (χ3v) is 6.07. The minimum absolute atomic E-state index is 0.0579. The Kier molecular flexibility index (Phi) is 5.42. The Morgan fingerprint density at radius 3 is 2.72 bits per heavy atom. The van der Waals surface area contributed by atoms with Crippen LogP contribution in [0.15, 0.2) is 38.5 Å². The van der Waals surface area contributed by atoms with Crippen LogP contribution in [0.4, 0.5) is 0 Å². The fraction of sp³-hybridized carbons (Fsp3) is 0.429. The van der Waals surface area contributed by atoms with Gasteiger partial charge in [0, 0.05) is 21.4 Å². The van der Waals surface area contributed by atoms with E-state index in [2.05, 4.69) is 46.8 Å². The van der Waals surface area contributed by atoms with Gasteiger partial charge in [0.2, 0.25) is 0 Å². The van der Waals surface area contributed by atoms with Crippen LogP contribution in [0.3, 0.4) is 0 Å². The van der Waals surface area contributed by atoms with Gasteiger partial charge < -0.3 is 4.52 Å². The van der Waals surface area contributed by atoms with Crippen molar-refractivity contribution in [1.29, 1.82) is 0 Å². The van der Waals surface area contributed by atoms with Crippen LogP contribution < -0.4 is 0 Å². The molecule has 1 fully saturated rings. The van der Waals surface area contributed by atoms with Crippen molar-refractivity contribution >= 4 is 33.5 Å². The van der Waals surface area contributed by atoms with E-state index in [0.29, 0.717) is 29.3 Å². The van der Waals surface area contributed by atoms with Crippen LogP contribution in [0, 0.1) is 0 Å². The third-order valence-electron chi connectivity index (χ3n) is 4.91. The molecule has 1 aliphatic rings. The number of hydrogen-bond donors (Lipinski definition) is 0. The Hall–Kier alpha value is -1.93. The zero-order chi connectivity index (χ0) is 20.8. The lowest BCUT2D eigenvalue weighted by Gasteiger charge is -2.13. The van der Waals surface area contributed by atoms with Crippen LogP contribution >= 0.6 is 27.7 Å². The molecule has 1 saturated carbocycles. The predicted molar refractivity (Wildman–Crippen MR) is 116 cm³/mol. The van der Waals surface area contributed by atoms with E-state index in [9.17, 15) is 4.79 Å². The summed E-state index contributed by atoms with van der Waals surface area (Å²) in [6.07, 6.45) is 5.63. The van der Waals surface area contributed by atoms with Crippen LogP contribution in [0.1, 0.15) is 72.6 Å². The average Bonchev–Trinajstić information content (AvgIpc) is 3.23. The molecule has 4 rings (SSSR count). The first-order valence-corrected chi connectivity index (χ1v) is 11.6. The van der Waals surface area contributed by atoms with E-state index in [0.717, 1.165) is 33.9 Å². The number of ketones is 1. The lowest BCUT2D eigenvalue weighted by Crippen LogP contribution is -2.15. The lowest BCUT2D eigenvalue weighted by atomic mass is 9.96. The maximum atomic E-state index is 13.3. The third kappa shape index (κ3) is 4.19. The topological polar surface area (TPSA) is 73.8 Å². The molecule has 0 aliphatic heterocycles. The summed E-state index contributed by atoms with van der Waals surface area (Å²) in [6.45, 7) is 6.74. The van der Waals surface area contributed by atoms with E-state index in [-0.39, 0.29) is 11.2 Å². The Morgan fingerprint density at radius 2 is 2.07 bits per heavy atom. The van der Waals surface area contributed by atoms with Crippen molar-refractivity contribution in [3.8, 4) is 0 Å². The first-order chi connectivity index (χ1) is 13.8. The molecular weight excluding hydrogens is 452 g/mol. The summed E-state index contributed by atoms with van der Waals surface area (Å²) in [7, 11) is 0. The second kappa shape index (κ2) is 7.72. The molecular formula is C21H23BrN4O2S. The van der Waals surface area contributed by atoms with Crippen molar-refractivity contribution < 1.29 is 9.32 Å². The Bertz CT molecular complexity index is 1060. The molecule has 3 aromatic rings. The molecule has 0 bridgehead atoms. The number of aromatic nitrogens is 4. The van der Waals surface area contributed by atoms with Crippen molar-refractivity contribution in [2.75, 3.05) is 6.26 Å². The summed E-state index contributed by atoms with van der Waals surface area (Å²) in [5.74, 6) is 1.77. The van der Waals surface area contributed by atoms with E-state index in [4.69, 9.17) is 9.62 Å². The van der Waals surface area contributed by atoms with Gasteiger partial charge in [0.25, 0.3) is 0 Å². The van der Waals surface area contributed by atoms with E-state index in [1.165, 1.54) is 0 Å². The van der Waals surface area contributed by atoms with Crippen molar-refractivity contribution in [1.82, 2.24) is 19.9 Å². The smallest absolute Gasteiger partial charge is 0.198 e. The SMILES string of the molecule is CSc1nc(C(C)(C)C)nn1Cc1cc(Br)ccc1C(=O)c1cnoc1C1CC1. The van der Waals surface area contributed by atoms with Crippen molar-refractivity contribution in [2.24, 2.45) is 0 Å². The van der Waals surface area contributed by atoms with E-state index < -0.39 is 0 Å². The monoisotopic (exact) mass is 474 g/mol. The Morgan fingerprint density at radius 1 is 1.31 bits per heavy atom. The van der Waals surface area contributed by atoms with Crippen molar-refractivity contribution in [3.05, 3.63) is 57.1 Å². The molecule has 0 saturated heterocycles. The van der Waals surface area contributed by atoms with Crippen LogP contribution in [-0.4, -0.2) is 32.0 Å². The highest BCUT2D eigenvalue weighted by atomic mass is 79.9. The van der Waals surface area contributed by atoms with Gasteiger partial charge in [-0.1, -0.05) is 53.6 Å². The molecule has 0 atom stereocenters. The highest BCUT2D eigenvalue weighted by molar-refractivity contribution is 9.10. The fourth-order valence-corrected chi connectivity index (χ4v) is 4.08. The summed E-state index contributed by atoms with van der Waals surface area (Å²) in [4.78, 5) is 18.0. The maximum Gasteiger partial charge on any atom is 0.198 e. The van der Waals surface area contributed by atoms with Gasteiger partial charge in [0.1, 0.15) is 0 Å². The number of rotatable bonds is 6. The molecule has 0 N–H and O–H groups in total. The molecule has 2 heterocycles. The van der Waals surface area contributed by atoms with Crippen LogP contribution in [-0.2, 0) is 12.0 Å². The molecule has 8 heteroatoms. The minimum Gasteiger partial charge on any atom is -0.360 e. The van der Waals surface area contributed by atoms with Gasteiger partial charge in [-0.15, -0.1) is 0 Å². The van der Waals surface area contributed by atoms with Crippen LogP contribution in [0.25, 0.3) is 0 Å². The lowest BCUT2D eigenvalue weighted by molar-refractivity contribution is 0.103. The molecule has 0 radical (unpaired) electrons. The maximum absolute atomic E-state index is 13.3. The van der Waals surface area contributed by atoms with Gasteiger partial charge in [-0.25, -0.2) is 9.67 Å². The van der Waals surface area contributed by atoms with Gasteiger partial charge in [-0.2, -0.15) is 5.10 Å². The van der Waals surface area contributed by atoms with Crippen molar-refractivity contribution in [3.63, 3.8) is 0 Å². The predicted octanol–water partition coefficient (Wildman–Crippen LogP) is 5.20. The molecule has 29 heavy (non-hydrogen) atoms. The number of nitrogens with zero attached hydrogens (tertiary/aromatic N) is 4.